The van der Waals surface area contributed by atoms with Crippen molar-refractivity contribution in [2.75, 3.05) is 13.1 Å². The Morgan fingerprint density at radius 2 is 1.69 bits per heavy atom. The molecule has 0 aromatic heterocycles. The maximum absolute atomic E-state index is 11.9. The fourth-order valence-corrected chi connectivity index (χ4v) is 2.12. The number of nitrogens with one attached hydrogen (secondary N) is 3. The maximum Gasteiger partial charge on any atom is 0.326 e. The highest BCUT2D eigenvalue weighted by molar-refractivity contribution is 5.89. The summed E-state index contributed by atoms with van der Waals surface area (Å²) >= 11 is 0. The third-order valence-electron chi connectivity index (χ3n) is 3.44. The number of ether oxygens (including phenoxy) is 1. The number of rotatable bonds is 12. The van der Waals surface area contributed by atoms with Crippen LogP contribution in [0.4, 0.5) is 4.79 Å². The van der Waals surface area contributed by atoms with Gasteiger partial charge in [-0.1, -0.05) is 0 Å². The molecule has 0 aliphatic rings. The normalized spacial score (nSPS) is 13.0. The Bertz CT molecular complexity index is 603. The first-order chi connectivity index (χ1) is 13.3. The quantitative estimate of drug-likeness (QED) is 0.164. The molecule has 2 atom stereocenters. The fraction of sp³-hybridized carbons (Fsp3) is 0.706. The van der Waals surface area contributed by atoms with Gasteiger partial charge < -0.3 is 37.3 Å². The number of hydrogen-bond donors (Lipinski definition) is 6. The molecule has 0 aliphatic carbocycles. The van der Waals surface area contributed by atoms with Crippen molar-refractivity contribution in [2.24, 2.45) is 11.5 Å². The summed E-state index contributed by atoms with van der Waals surface area (Å²) in [5, 5.41) is 16.0. The molecule has 8 N–H and O–H groups in total. The molecular weight excluding hydrogens is 386 g/mol. The van der Waals surface area contributed by atoms with Crippen LogP contribution < -0.4 is 27.4 Å². The fourth-order valence-electron chi connectivity index (χ4n) is 2.12. The second-order valence-electron chi connectivity index (χ2n) is 7.34. The van der Waals surface area contributed by atoms with E-state index in [9.17, 15) is 24.0 Å². The molecule has 29 heavy (non-hydrogen) atoms. The summed E-state index contributed by atoms with van der Waals surface area (Å²) in [6, 6.07) is -2.94. The van der Waals surface area contributed by atoms with Gasteiger partial charge in [-0.2, -0.15) is 0 Å². The molecule has 0 bridgehead atoms. The van der Waals surface area contributed by atoms with Gasteiger partial charge in [-0.05, 0) is 40.0 Å². The van der Waals surface area contributed by atoms with Crippen molar-refractivity contribution in [1.29, 1.82) is 0 Å². The lowest BCUT2D eigenvalue weighted by atomic mass is 10.1. The van der Waals surface area contributed by atoms with Gasteiger partial charge in [-0.25, -0.2) is 9.59 Å². The minimum Gasteiger partial charge on any atom is -0.480 e. The summed E-state index contributed by atoms with van der Waals surface area (Å²) in [5.74, 6) is -3.11. The predicted octanol–water partition coefficient (Wildman–Crippen LogP) is -1.43. The van der Waals surface area contributed by atoms with E-state index in [0.29, 0.717) is 0 Å². The zero-order valence-corrected chi connectivity index (χ0v) is 16.9. The third kappa shape index (κ3) is 13.9. The monoisotopic (exact) mass is 417 g/mol. The highest BCUT2D eigenvalue weighted by Gasteiger charge is 2.22. The number of carbonyl (C=O) groups excluding carboxylic acids is 4. The number of carboxylic acids is 1. The van der Waals surface area contributed by atoms with Crippen molar-refractivity contribution >= 4 is 29.8 Å². The standard InChI is InChI=1S/C17H31N5O7/c1-17(2,3)29-13(24)7-6-10(18)14(25)21-9-12(23)22-11(15(26)27)5-4-8-20-16(19)28/h10-11H,4-9,18H2,1-3H3,(H,21,25)(H,22,23)(H,26,27)(H3,19,20,28)/t10-,11-/m0/s1. The lowest BCUT2D eigenvalue weighted by molar-refractivity contribution is -0.155. The van der Waals surface area contributed by atoms with Gasteiger partial charge in [-0.15, -0.1) is 0 Å². The van der Waals surface area contributed by atoms with Crippen molar-refractivity contribution in [2.45, 2.75) is 64.1 Å². The highest BCUT2D eigenvalue weighted by atomic mass is 16.6. The Labute approximate surface area is 169 Å². The van der Waals surface area contributed by atoms with Gasteiger partial charge in [0.1, 0.15) is 11.6 Å². The van der Waals surface area contributed by atoms with Crippen LogP contribution in [0.5, 0.6) is 0 Å². The van der Waals surface area contributed by atoms with Crippen LogP contribution in [0.2, 0.25) is 0 Å². The lowest BCUT2D eigenvalue weighted by Crippen LogP contribution is -2.48. The van der Waals surface area contributed by atoms with E-state index >= 15 is 0 Å². The van der Waals surface area contributed by atoms with Gasteiger partial charge in [0.2, 0.25) is 11.8 Å². The molecule has 0 unspecified atom stereocenters. The van der Waals surface area contributed by atoms with E-state index in [2.05, 4.69) is 16.0 Å². The summed E-state index contributed by atoms with van der Waals surface area (Å²) in [6.45, 7) is 4.85. The van der Waals surface area contributed by atoms with Crippen molar-refractivity contribution < 1.29 is 33.8 Å². The molecule has 0 saturated heterocycles. The molecule has 0 rings (SSSR count). The van der Waals surface area contributed by atoms with Crippen LogP contribution in [0.25, 0.3) is 0 Å². The van der Waals surface area contributed by atoms with E-state index in [1.807, 2.05) is 0 Å². The summed E-state index contributed by atoms with van der Waals surface area (Å²) in [7, 11) is 0. The zero-order chi connectivity index (χ0) is 22.6. The van der Waals surface area contributed by atoms with Gasteiger partial charge in [0.05, 0.1) is 12.6 Å². The van der Waals surface area contributed by atoms with Gasteiger partial charge in [0.15, 0.2) is 0 Å². The Kier molecular flexibility index (Phi) is 11.3. The Hall–Kier alpha value is -2.89. The number of hydrogen-bond acceptors (Lipinski definition) is 7. The molecule has 12 heteroatoms. The number of carbonyl (C=O) groups is 5. The molecule has 0 radical (unpaired) electrons. The van der Waals surface area contributed by atoms with E-state index < -0.39 is 54.0 Å². The molecule has 0 spiro atoms. The number of amides is 4. The second kappa shape index (κ2) is 12.5. The van der Waals surface area contributed by atoms with Gasteiger partial charge in [-0.3, -0.25) is 14.4 Å². The molecule has 166 valence electrons. The van der Waals surface area contributed by atoms with Gasteiger partial charge >= 0.3 is 18.0 Å². The molecule has 4 amide bonds. The van der Waals surface area contributed by atoms with E-state index in [1.54, 1.807) is 20.8 Å². The van der Waals surface area contributed by atoms with Crippen molar-refractivity contribution in [1.82, 2.24) is 16.0 Å². The highest BCUT2D eigenvalue weighted by Crippen LogP contribution is 2.09. The average molecular weight is 417 g/mol. The molecular formula is C17H31N5O7. The molecule has 0 aromatic rings. The Morgan fingerprint density at radius 3 is 2.21 bits per heavy atom. The van der Waals surface area contributed by atoms with Crippen LogP contribution in [0.1, 0.15) is 46.5 Å². The van der Waals surface area contributed by atoms with Gasteiger partial charge in [0, 0.05) is 13.0 Å². The molecule has 0 heterocycles. The van der Waals surface area contributed by atoms with E-state index in [1.165, 1.54) is 0 Å². The van der Waals surface area contributed by atoms with Crippen LogP contribution in [0.15, 0.2) is 0 Å². The first-order valence-electron chi connectivity index (χ1n) is 9.12. The van der Waals surface area contributed by atoms with E-state index in [4.69, 9.17) is 21.3 Å². The number of esters is 1. The molecule has 0 aromatic carbocycles. The zero-order valence-electron chi connectivity index (χ0n) is 16.9. The Balaban J connectivity index is 4.27. The largest absolute Gasteiger partial charge is 0.480 e. The first kappa shape index (κ1) is 26.1. The molecule has 12 nitrogen and oxygen atoms in total. The third-order valence-corrected chi connectivity index (χ3v) is 3.44. The molecule has 0 fully saturated rings. The summed E-state index contributed by atoms with van der Waals surface area (Å²) in [5.41, 5.74) is 9.93. The van der Waals surface area contributed by atoms with Crippen molar-refractivity contribution in [3.63, 3.8) is 0 Å². The number of aliphatic carboxylic acids is 1. The van der Waals surface area contributed by atoms with Crippen molar-refractivity contribution in [3.05, 3.63) is 0 Å². The maximum atomic E-state index is 11.9. The molecule has 0 aliphatic heterocycles. The summed E-state index contributed by atoms with van der Waals surface area (Å²) in [6.07, 6.45) is 0.318. The minimum atomic E-state index is -1.25. The first-order valence-corrected chi connectivity index (χ1v) is 9.12. The number of urea groups is 1. The molecule has 0 saturated carbocycles. The SMILES string of the molecule is CC(C)(C)OC(=O)CC[C@H](N)C(=O)NCC(=O)N[C@@H](CCCNC(N)=O)C(=O)O. The van der Waals surface area contributed by atoms with Crippen LogP contribution in [-0.4, -0.2) is 65.7 Å². The lowest BCUT2D eigenvalue weighted by Gasteiger charge is -2.20. The van der Waals surface area contributed by atoms with Gasteiger partial charge in [0.25, 0.3) is 0 Å². The predicted molar refractivity (Wildman–Crippen MR) is 102 cm³/mol. The van der Waals surface area contributed by atoms with Crippen LogP contribution in [0.3, 0.4) is 0 Å². The minimum absolute atomic E-state index is 0.0347. The smallest absolute Gasteiger partial charge is 0.326 e. The average Bonchev–Trinajstić information content (AvgIpc) is 2.58. The number of primary amides is 1. The Morgan fingerprint density at radius 1 is 1.07 bits per heavy atom. The van der Waals surface area contributed by atoms with Crippen LogP contribution in [0, 0.1) is 0 Å². The summed E-state index contributed by atoms with van der Waals surface area (Å²) in [4.78, 5) is 57.1. The number of carboxylic acid groups (broad SMARTS) is 1. The topological polar surface area (TPSA) is 203 Å². The second-order valence-corrected chi connectivity index (χ2v) is 7.34. The van der Waals surface area contributed by atoms with E-state index in [0.717, 1.165) is 0 Å². The van der Waals surface area contributed by atoms with Crippen LogP contribution >= 0.6 is 0 Å². The van der Waals surface area contributed by atoms with Crippen molar-refractivity contribution in [3.8, 4) is 0 Å². The number of nitrogens with two attached hydrogens (primary N) is 2. The van der Waals surface area contributed by atoms with E-state index in [-0.39, 0.29) is 32.2 Å². The summed E-state index contributed by atoms with van der Waals surface area (Å²) < 4.78 is 5.11. The van der Waals surface area contributed by atoms with Crippen LogP contribution in [-0.2, 0) is 23.9 Å².